The number of nitrogens with one attached hydrogen (secondary N) is 1. The number of carbonyl (C=O) groups is 5. The summed E-state index contributed by atoms with van der Waals surface area (Å²) >= 11 is 0. The first-order valence-electron chi connectivity index (χ1n) is 13.0. The molecule has 1 atom stereocenters. The third-order valence-corrected chi connectivity index (χ3v) is 5.90. The van der Waals surface area contributed by atoms with E-state index in [-0.39, 0.29) is 56.0 Å². The van der Waals surface area contributed by atoms with Crippen molar-refractivity contribution in [3.05, 3.63) is 29.3 Å². The van der Waals surface area contributed by atoms with Crippen molar-refractivity contribution < 1.29 is 52.4 Å². The van der Waals surface area contributed by atoms with Crippen LogP contribution in [-0.2, 0) is 38.1 Å². The van der Waals surface area contributed by atoms with Gasteiger partial charge in [-0.05, 0) is 18.6 Å². The quantitative estimate of drug-likeness (QED) is 0.152. The molecule has 5 amide bonds. The average Bonchev–Trinajstić information content (AvgIpc) is 3.18. The molecule has 0 radical (unpaired) electrons. The van der Waals surface area contributed by atoms with Crippen molar-refractivity contribution in [2.45, 2.75) is 25.3 Å². The van der Waals surface area contributed by atoms with E-state index in [4.69, 9.17) is 34.2 Å². The predicted molar refractivity (Wildman–Crippen MR) is 137 cm³/mol. The molecule has 1 aromatic carbocycles. The second kappa shape index (κ2) is 16.6. The summed E-state index contributed by atoms with van der Waals surface area (Å²) in [6, 6.07) is 3.64. The first-order chi connectivity index (χ1) is 19.4. The Labute approximate surface area is 231 Å². The van der Waals surface area contributed by atoms with Crippen molar-refractivity contribution in [1.29, 1.82) is 0 Å². The molecule has 1 fully saturated rings. The number of primary amides is 1. The summed E-state index contributed by atoms with van der Waals surface area (Å²) in [7, 11) is 0. The van der Waals surface area contributed by atoms with Crippen LogP contribution >= 0.6 is 0 Å². The molecule has 3 N–H and O–H groups in total. The van der Waals surface area contributed by atoms with Gasteiger partial charge in [-0.25, -0.2) is 0 Å². The van der Waals surface area contributed by atoms with E-state index in [2.05, 4.69) is 5.32 Å². The molecular weight excluding hydrogens is 530 g/mol. The fraction of sp³-hybridized carbons (Fsp3) is 0.577. The molecule has 2 aliphatic heterocycles. The molecule has 14 heteroatoms. The standard InChI is InChI=1S/C26H35N3O11/c27-21(30)6-7-35-8-9-36-10-11-37-12-13-38-14-15-39-16-17-40-20-3-1-2-18-23(20)26(34)29(25(18)33)19-4-5-22(31)28-24(19)32/h1-3,19H,4-17H2,(H2,27,30)(H,28,31,32). The van der Waals surface area contributed by atoms with Gasteiger partial charge < -0.3 is 34.2 Å². The summed E-state index contributed by atoms with van der Waals surface area (Å²) in [6.07, 6.45) is 0.326. The highest BCUT2D eigenvalue weighted by Gasteiger charge is 2.45. The largest absolute Gasteiger partial charge is 0.490 e. The zero-order chi connectivity index (χ0) is 28.7. The van der Waals surface area contributed by atoms with Gasteiger partial charge in [0.05, 0.1) is 77.2 Å². The van der Waals surface area contributed by atoms with E-state index in [9.17, 15) is 24.0 Å². The van der Waals surface area contributed by atoms with Crippen molar-refractivity contribution in [2.75, 3.05) is 72.7 Å². The fourth-order valence-corrected chi connectivity index (χ4v) is 3.97. The van der Waals surface area contributed by atoms with Gasteiger partial charge >= 0.3 is 0 Å². The number of ether oxygens (including phenoxy) is 6. The molecule has 0 aromatic heterocycles. The Morgan fingerprint density at radius 2 is 1.35 bits per heavy atom. The van der Waals surface area contributed by atoms with Crippen LogP contribution in [0.2, 0.25) is 0 Å². The molecular formula is C26H35N3O11. The monoisotopic (exact) mass is 565 g/mol. The van der Waals surface area contributed by atoms with Crippen LogP contribution in [0.1, 0.15) is 40.0 Å². The van der Waals surface area contributed by atoms with Crippen LogP contribution in [0, 0.1) is 0 Å². The number of hydrogen-bond donors (Lipinski definition) is 2. The lowest BCUT2D eigenvalue weighted by Gasteiger charge is -2.27. The van der Waals surface area contributed by atoms with E-state index in [0.29, 0.717) is 52.9 Å². The lowest BCUT2D eigenvalue weighted by molar-refractivity contribution is -0.136. The number of amides is 5. The van der Waals surface area contributed by atoms with Crippen LogP contribution in [0.5, 0.6) is 5.75 Å². The second-order valence-electron chi connectivity index (χ2n) is 8.75. The number of nitrogens with zero attached hydrogens (tertiary/aromatic N) is 1. The van der Waals surface area contributed by atoms with Gasteiger partial charge in [-0.2, -0.15) is 0 Å². The first kappa shape index (κ1) is 31.1. The van der Waals surface area contributed by atoms with E-state index >= 15 is 0 Å². The van der Waals surface area contributed by atoms with Gasteiger partial charge in [0.2, 0.25) is 17.7 Å². The highest BCUT2D eigenvalue weighted by atomic mass is 16.6. The van der Waals surface area contributed by atoms with Gasteiger partial charge in [0, 0.05) is 12.8 Å². The summed E-state index contributed by atoms with van der Waals surface area (Å²) in [5.41, 5.74) is 5.26. The minimum atomic E-state index is -1.04. The van der Waals surface area contributed by atoms with E-state index in [1.807, 2.05) is 0 Å². The molecule has 0 aliphatic carbocycles. The molecule has 0 bridgehead atoms. The van der Waals surface area contributed by atoms with Crippen molar-refractivity contribution in [2.24, 2.45) is 5.73 Å². The van der Waals surface area contributed by atoms with Crippen molar-refractivity contribution in [3.8, 4) is 5.75 Å². The molecule has 1 saturated heterocycles. The topological polar surface area (TPSA) is 182 Å². The molecule has 3 rings (SSSR count). The molecule has 40 heavy (non-hydrogen) atoms. The van der Waals surface area contributed by atoms with Crippen molar-refractivity contribution in [1.82, 2.24) is 10.2 Å². The first-order valence-corrected chi connectivity index (χ1v) is 13.0. The van der Waals surface area contributed by atoms with E-state index in [1.54, 1.807) is 12.1 Å². The highest BCUT2D eigenvalue weighted by molar-refractivity contribution is 6.24. The van der Waals surface area contributed by atoms with Crippen LogP contribution in [-0.4, -0.2) is 113 Å². The van der Waals surface area contributed by atoms with E-state index < -0.39 is 35.6 Å². The molecule has 1 aromatic rings. The maximum Gasteiger partial charge on any atom is 0.266 e. The summed E-state index contributed by atoms with van der Waals surface area (Å²) in [5, 5.41) is 2.17. The minimum absolute atomic E-state index is 0.0507. The van der Waals surface area contributed by atoms with Crippen LogP contribution in [0.15, 0.2) is 18.2 Å². The Kier molecular flexibility index (Phi) is 12.9. The predicted octanol–water partition coefficient (Wildman–Crippen LogP) is -0.575. The number of hydrogen-bond acceptors (Lipinski definition) is 11. The van der Waals surface area contributed by atoms with Crippen LogP contribution in [0.4, 0.5) is 0 Å². The molecule has 220 valence electrons. The Morgan fingerprint density at radius 3 is 1.90 bits per heavy atom. The molecule has 0 saturated carbocycles. The number of piperidine rings is 1. The van der Waals surface area contributed by atoms with Gasteiger partial charge in [0.15, 0.2) is 0 Å². The van der Waals surface area contributed by atoms with E-state index in [0.717, 1.165) is 4.90 Å². The number of fused-ring (bicyclic) bond motifs is 1. The van der Waals surface area contributed by atoms with Crippen molar-refractivity contribution in [3.63, 3.8) is 0 Å². The van der Waals surface area contributed by atoms with Gasteiger partial charge in [-0.3, -0.25) is 34.2 Å². The Morgan fingerprint density at radius 1 is 0.800 bits per heavy atom. The molecule has 2 aliphatic rings. The van der Waals surface area contributed by atoms with E-state index in [1.165, 1.54) is 6.07 Å². The number of nitrogens with two attached hydrogens (primary N) is 1. The second-order valence-corrected chi connectivity index (χ2v) is 8.75. The molecule has 0 spiro atoms. The third-order valence-electron chi connectivity index (χ3n) is 5.90. The SMILES string of the molecule is NC(=O)CCOCCOCCOCCOCCOCCOc1cccc2c1C(=O)N(C1CCC(=O)NC1=O)C2=O. The summed E-state index contributed by atoms with van der Waals surface area (Å²) in [6.45, 7) is 3.76. The normalized spacial score (nSPS) is 16.8. The lowest BCUT2D eigenvalue weighted by atomic mass is 10.0. The molecule has 1 unspecified atom stereocenters. The minimum Gasteiger partial charge on any atom is -0.490 e. The van der Waals surface area contributed by atoms with Gasteiger partial charge in [0.1, 0.15) is 18.4 Å². The lowest BCUT2D eigenvalue weighted by Crippen LogP contribution is -2.54. The van der Waals surface area contributed by atoms with Crippen molar-refractivity contribution >= 4 is 29.5 Å². The van der Waals surface area contributed by atoms with Gasteiger partial charge in [-0.15, -0.1) is 0 Å². The Hall–Kier alpha value is -3.43. The zero-order valence-electron chi connectivity index (χ0n) is 22.2. The molecule has 2 heterocycles. The zero-order valence-corrected chi connectivity index (χ0v) is 22.2. The maximum absolute atomic E-state index is 13.0. The van der Waals surface area contributed by atoms with Crippen LogP contribution < -0.4 is 15.8 Å². The highest BCUT2D eigenvalue weighted by Crippen LogP contribution is 2.33. The number of carbonyl (C=O) groups excluding carboxylic acids is 5. The Bertz CT molecular complexity index is 1050. The maximum atomic E-state index is 13.0. The van der Waals surface area contributed by atoms with Gasteiger partial charge in [0.25, 0.3) is 11.8 Å². The van der Waals surface area contributed by atoms with Crippen LogP contribution in [0.3, 0.4) is 0 Å². The Balaban J connectivity index is 1.22. The fourth-order valence-electron chi connectivity index (χ4n) is 3.97. The third kappa shape index (κ3) is 9.34. The number of imide groups is 2. The summed E-state index contributed by atoms with van der Waals surface area (Å²) in [4.78, 5) is 61.0. The summed E-state index contributed by atoms with van der Waals surface area (Å²) in [5.74, 6) is -2.49. The molecule has 14 nitrogen and oxygen atoms in total. The average molecular weight is 566 g/mol. The van der Waals surface area contributed by atoms with Gasteiger partial charge in [-0.1, -0.05) is 6.07 Å². The smallest absolute Gasteiger partial charge is 0.266 e. The number of rotatable bonds is 20. The van der Waals surface area contributed by atoms with Crippen LogP contribution in [0.25, 0.3) is 0 Å². The number of benzene rings is 1. The summed E-state index contributed by atoms with van der Waals surface area (Å²) < 4.78 is 32.5.